The van der Waals surface area contributed by atoms with Crippen LogP contribution in [-0.2, 0) is 114 Å². The number of carbonyl (C=O) groups is 12. The lowest BCUT2D eigenvalue weighted by molar-refractivity contribution is -0.255. The molecule has 0 heterocycles. The van der Waals surface area contributed by atoms with Gasteiger partial charge in [0.2, 0.25) is 0 Å². The number of alkyl halides is 8. The van der Waals surface area contributed by atoms with Gasteiger partial charge in [-0.3, -0.25) is 38.4 Å². The van der Waals surface area contributed by atoms with Gasteiger partial charge in [0, 0.05) is 0 Å². The summed E-state index contributed by atoms with van der Waals surface area (Å²) >= 11 is 0. The Labute approximate surface area is 613 Å². The van der Waals surface area contributed by atoms with Gasteiger partial charge in [0.05, 0.1) is 45.3 Å². The normalized spacial score (nSPS) is 24.5. The van der Waals surface area contributed by atoms with Gasteiger partial charge in [-0.05, 0) is 192 Å². The highest BCUT2D eigenvalue weighted by molar-refractivity contribution is 5.85. The Balaban J connectivity index is 0.000000255. The van der Waals surface area contributed by atoms with Crippen molar-refractivity contribution < 1.29 is 150 Å². The molecule has 0 aromatic carbocycles. The molecule has 0 aliphatic heterocycles. The maximum Gasteiger partial charge on any atom is 0.504 e. The van der Waals surface area contributed by atoms with Crippen molar-refractivity contribution >= 4 is 71.6 Å². The largest absolute Gasteiger partial charge is 0.504 e. The lowest BCUT2D eigenvalue weighted by Crippen LogP contribution is -2.52. The Morgan fingerprint density at radius 3 is 0.774 bits per heavy atom. The number of carbonyl (C=O) groups excluding carboxylic acids is 12. The molecule has 0 N–H and O–H groups in total. The van der Waals surface area contributed by atoms with Crippen LogP contribution in [-0.4, -0.2) is 149 Å². The number of esters is 12. The third-order valence-electron chi connectivity index (χ3n) is 21.8. The monoisotopic (exact) mass is 1530 g/mol. The third-order valence-corrected chi connectivity index (χ3v) is 21.8. The quantitative estimate of drug-likeness (QED) is 0.0261. The van der Waals surface area contributed by atoms with Crippen LogP contribution >= 0.6 is 0 Å². The molecule has 0 aromatic heterocycles. The van der Waals surface area contributed by atoms with Crippen LogP contribution in [0.25, 0.3) is 0 Å². The van der Waals surface area contributed by atoms with Gasteiger partial charge in [-0.2, -0.15) is 35.1 Å². The highest BCUT2D eigenvalue weighted by Crippen LogP contribution is 2.62. The van der Waals surface area contributed by atoms with Crippen molar-refractivity contribution in [1.82, 2.24) is 0 Å². The molecule has 106 heavy (non-hydrogen) atoms. The standard InChI is InChI=1S/C21H30F2O6.C20H28F2O6.C17H26F2O6.C16H24F2O6/c1-4-19(2,3)16(24)27-5-6-28-18(26)21(22,23)29-17(25)20-10-13-7-14(11-20)9-15(8-13)12-20;1-3-12(2)16(23)26-4-5-27-18(25)20(21,22)28-17(24)19-9-13-6-14(10-19)8-15(7-13)11-19;1-4-16(2,3)14(21)23-10-11-24-15(22)17(18,19)25-13(20)12-8-6-5-7-9-12;1-3-11(2)13(19)22-9-10-23-15(21)16(17,18)24-14(20)12-7-5-4-6-8-12/h13-15H,4-12H2,1-3H3;12-15H,3-11H2,1-2H3;12H,4-11H2,1-3H3;11-12H,3-10H2,1-2H3. The lowest BCUT2D eigenvalue weighted by Gasteiger charge is -2.55. The van der Waals surface area contributed by atoms with Gasteiger partial charge >= 0.3 is 96.1 Å². The number of hydrogen-bond donors (Lipinski definition) is 0. The average Bonchev–Trinajstić information content (AvgIpc) is 0.745. The maximum atomic E-state index is 14.2. The van der Waals surface area contributed by atoms with E-state index in [1.54, 1.807) is 48.5 Å². The number of hydrogen-bond acceptors (Lipinski definition) is 24. The molecular formula is C74H108F8O24. The van der Waals surface area contributed by atoms with Gasteiger partial charge in [-0.1, -0.05) is 80.1 Å². The minimum Gasteiger partial charge on any atom is -0.462 e. The van der Waals surface area contributed by atoms with Crippen molar-refractivity contribution in [3.63, 3.8) is 0 Å². The molecule has 8 bridgehead atoms. The minimum absolute atomic E-state index is 0.321. The minimum atomic E-state index is -4.35. The Bertz CT molecular complexity index is 2940. The first-order chi connectivity index (χ1) is 49.5. The van der Waals surface area contributed by atoms with E-state index in [1.807, 2.05) is 20.8 Å². The van der Waals surface area contributed by atoms with Crippen molar-refractivity contribution in [3.8, 4) is 0 Å². The van der Waals surface area contributed by atoms with E-state index in [9.17, 15) is 92.7 Å². The summed E-state index contributed by atoms with van der Waals surface area (Å²) in [5, 5.41) is 0. The Morgan fingerprint density at radius 1 is 0.330 bits per heavy atom. The van der Waals surface area contributed by atoms with Crippen LogP contribution in [0.5, 0.6) is 0 Å². The van der Waals surface area contributed by atoms with E-state index in [0.29, 0.717) is 125 Å². The predicted molar refractivity (Wildman–Crippen MR) is 353 cm³/mol. The molecule has 0 spiro atoms. The molecule has 10 saturated carbocycles. The van der Waals surface area contributed by atoms with Crippen molar-refractivity contribution in [2.45, 2.75) is 261 Å². The van der Waals surface area contributed by atoms with E-state index in [2.05, 4.69) is 37.9 Å². The van der Waals surface area contributed by atoms with Crippen LogP contribution in [0.4, 0.5) is 35.1 Å². The number of halogens is 8. The zero-order valence-corrected chi connectivity index (χ0v) is 62.6. The zero-order valence-electron chi connectivity index (χ0n) is 62.6. The molecule has 24 nitrogen and oxygen atoms in total. The smallest absolute Gasteiger partial charge is 0.462 e. The summed E-state index contributed by atoms with van der Waals surface area (Å²) in [6, 6.07) is 0. The first kappa shape index (κ1) is 89.7. The lowest BCUT2D eigenvalue weighted by atomic mass is 9.49. The summed E-state index contributed by atoms with van der Waals surface area (Å²) in [4.78, 5) is 141. The fourth-order valence-electron chi connectivity index (χ4n) is 15.2. The summed E-state index contributed by atoms with van der Waals surface area (Å²) in [5.41, 5.74) is -3.19. The van der Waals surface area contributed by atoms with Crippen LogP contribution in [0.3, 0.4) is 0 Å². The molecule has 10 aliphatic carbocycles. The number of ether oxygens (including phenoxy) is 12. The molecule has 10 rings (SSSR count). The summed E-state index contributed by atoms with van der Waals surface area (Å²) in [6.45, 7) is 13.8. The van der Waals surface area contributed by atoms with E-state index in [1.165, 1.54) is 0 Å². The Morgan fingerprint density at radius 2 is 0.547 bits per heavy atom. The molecule has 0 saturated heterocycles. The van der Waals surface area contributed by atoms with Crippen molar-refractivity contribution in [3.05, 3.63) is 0 Å². The van der Waals surface area contributed by atoms with E-state index >= 15 is 0 Å². The van der Waals surface area contributed by atoms with Crippen LogP contribution in [0.2, 0.25) is 0 Å². The Hall–Kier alpha value is -6.92. The fourth-order valence-corrected chi connectivity index (χ4v) is 15.2. The number of rotatable bonds is 32. The summed E-state index contributed by atoms with van der Waals surface area (Å²) in [6.07, 6.45) is 1.50. The third kappa shape index (κ3) is 26.2. The maximum absolute atomic E-state index is 14.2. The second-order valence-corrected chi connectivity index (χ2v) is 31.0. The molecule has 2 atom stereocenters. The van der Waals surface area contributed by atoms with E-state index in [-0.39, 0.29) is 38.3 Å². The van der Waals surface area contributed by atoms with Crippen LogP contribution in [0, 0.1) is 80.8 Å². The summed E-state index contributed by atoms with van der Waals surface area (Å²) in [5.74, 6) is -13.5. The van der Waals surface area contributed by atoms with Gasteiger partial charge < -0.3 is 56.8 Å². The van der Waals surface area contributed by atoms with Crippen LogP contribution in [0.15, 0.2) is 0 Å². The van der Waals surface area contributed by atoms with Gasteiger partial charge in [-0.25, -0.2) is 19.2 Å². The molecule has 604 valence electrons. The second kappa shape index (κ2) is 39.4. The molecule has 2 unspecified atom stereocenters. The fraction of sp³-hybridized carbons (Fsp3) is 0.838. The second-order valence-electron chi connectivity index (χ2n) is 31.0. The van der Waals surface area contributed by atoms with Crippen molar-refractivity contribution in [2.75, 3.05) is 52.9 Å². The first-order valence-corrected chi connectivity index (χ1v) is 37.3. The van der Waals surface area contributed by atoms with Gasteiger partial charge in [0.1, 0.15) is 52.9 Å². The van der Waals surface area contributed by atoms with E-state index < -0.39 is 156 Å². The molecule has 0 aromatic rings. The van der Waals surface area contributed by atoms with Crippen LogP contribution < -0.4 is 0 Å². The van der Waals surface area contributed by atoms with Gasteiger partial charge in [-0.15, -0.1) is 0 Å². The Kier molecular flexibility index (Phi) is 33.4. The summed E-state index contributed by atoms with van der Waals surface area (Å²) < 4.78 is 165. The molecule has 0 amide bonds. The van der Waals surface area contributed by atoms with Crippen LogP contribution in [0.1, 0.15) is 236 Å². The average molecular weight is 1530 g/mol. The molecule has 0 radical (unpaired) electrons. The van der Waals surface area contributed by atoms with Crippen molar-refractivity contribution in [1.29, 1.82) is 0 Å². The predicted octanol–water partition coefficient (Wildman–Crippen LogP) is 13.4. The molecule has 32 heteroatoms. The highest BCUT2D eigenvalue weighted by atomic mass is 19.3. The zero-order chi connectivity index (χ0) is 79.2. The first-order valence-electron chi connectivity index (χ1n) is 37.3. The van der Waals surface area contributed by atoms with Gasteiger partial charge in [0.15, 0.2) is 0 Å². The molecule has 10 aliphatic rings. The van der Waals surface area contributed by atoms with E-state index in [4.69, 9.17) is 18.9 Å². The molecular weight excluding hydrogens is 1420 g/mol. The van der Waals surface area contributed by atoms with E-state index in [0.717, 1.165) is 77.0 Å². The molecule has 10 fully saturated rings. The summed E-state index contributed by atoms with van der Waals surface area (Å²) in [7, 11) is 0. The van der Waals surface area contributed by atoms with Crippen molar-refractivity contribution in [2.24, 2.45) is 80.8 Å². The highest BCUT2D eigenvalue weighted by Gasteiger charge is 2.61. The van der Waals surface area contributed by atoms with Gasteiger partial charge in [0.25, 0.3) is 0 Å². The SMILES string of the molecule is CCC(C)(C)C(=O)OCCOC(=O)C(F)(F)OC(=O)C12CC3CC(CC(C3)C1)C2.CCC(C)(C)C(=O)OCCOC(=O)C(F)(F)OC(=O)C1CCCCC1.CCC(C)C(=O)OCCOC(=O)C(F)(F)OC(=O)C12CC3CC(CC(C3)C1)C2.CCC(C)C(=O)OCCOC(=O)C(F)(F)OC(=O)C1CCCCC1. The topological polar surface area (TPSA) is 316 Å².